The number of hydrogen-bond donors (Lipinski definition) is 0. The Balaban J connectivity index is 2.37. The average molecular weight is 319 g/mol. The van der Waals surface area contributed by atoms with Gasteiger partial charge in [-0.25, -0.2) is 9.37 Å². The van der Waals surface area contributed by atoms with Gasteiger partial charge in [0.15, 0.2) is 0 Å². The van der Waals surface area contributed by atoms with Crippen LogP contribution in [-0.4, -0.2) is 22.8 Å². The SMILES string of the molecule is CCOCCCn1c(C(C)Cl)nc2cc(Cl)c(F)cc21. The van der Waals surface area contributed by atoms with E-state index in [1.165, 1.54) is 12.1 Å². The minimum atomic E-state index is -0.445. The van der Waals surface area contributed by atoms with E-state index in [1.54, 1.807) is 0 Å². The fraction of sp³-hybridized carbons (Fsp3) is 0.500. The summed E-state index contributed by atoms with van der Waals surface area (Å²) in [5.41, 5.74) is 1.38. The van der Waals surface area contributed by atoms with Gasteiger partial charge in [0.05, 0.1) is 21.4 Å². The number of fused-ring (bicyclic) bond motifs is 1. The summed E-state index contributed by atoms with van der Waals surface area (Å²) in [4.78, 5) is 4.45. The van der Waals surface area contributed by atoms with Gasteiger partial charge in [0, 0.05) is 25.8 Å². The second-order valence-electron chi connectivity index (χ2n) is 4.54. The van der Waals surface area contributed by atoms with E-state index < -0.39 is 5.82 Å². The van der Waals surface area contributed by atoms with Gasteiger partial charge in [-0.15, -0.1) is 11.6 Å². The van der Waals surface area contributed by atoms with Gasteiger partial charge in [0.25, 0.3) is 0 Å². The quantitative estimate of drug-likeness (QED) is 0.577. The Labute approximate surface area is 127 Å². The molecule has 0 saturated carbocycles. The minimum Gasteiger partial charge on any atom is -0.382 e. The Morgan fingerprint density at radius 1 is 1.45 bits per heavy atom. The van der Waals surface area contributed by atoms with Crippen LogP contribution >= 0.6 is 23.2 Å². The van der Waals surface area contributed by atoms with Crippen LogP contribution in [0.25, 0.3) is 11.0 Å². The lowest BCUT2D eigenvalue weighted by Gasteiger charge is -2.10. The number of rotatable bonds is 6. The number of benzene rings is 1. The summed E-state index contributed by atoms with van der Waals surface area (Å²) in [7, 11) is 0. The molecular weight excluding hydrogens is 302 g/mol. The van der Waals surface area contributed by atoms with Gasteiger partial charge in [-0.3, -0.25) is 0 Å². The molecule has 0 saturated heterocycles. The number of aryl methyl sites for hydroxylation is 1. The maximum Gasteiger partial charge on any atom is 0.144 e. The van der Waals surface area contributed by atoms with Crippen LogP contribution in [-0.2, 0) is 11.3 Å². The van der Waals surface area contributed by atoms with E-state index in [9.17, 15) is 4.39 Å². The lowest BCUT2D eigenvalue weighted by atomic mass is 10.3. The highest BCUT2D eigenvalue weighted by molar-refractivity contribution is 6.31. The highest BCUT2D eigenvalue weighted by Crippen LogP contribution is 2.28. The topological polar surface area (TPSA) is 27.1 Å². The number of alkyl halides is 1. The number of nitrogens with zero attached hydrogens (tertiary/aromatic N) is 2. The van der Waals surface area contributed by atoms with E-state index >= 15 is 0 Å². The van der Waals surface area contributed by atoms with Crippen molar-refractivity contribution in [3.63, 3.8) is 0 Å². The first kappa shape index (κ1) is 15.5. The highest BCUT2D eigenvalue weighted by atomic mass is 35.5. The van der Waals surface area contributed by atoms with Gasteiger partial charge in [-0.1, -0.05) is 11.6 Å². The van der Waals surface area contributed by atoms with Crippen LogP contribution in [0.3, 0.4) is 0 Å². The van der Waals surface area contributed by atoms with E-state index in [0.29, 0.717) is 30.8 Å². The fourth-order valence-electron chi connectivity index (χ4n) is 2.15. The predicted octanol–water partition coefficient (Wildman–Crippen LogP) is 4.56. The molecule has 0 amide bonds. The molecule has 0 fully saturated rings. The Hall–Kier alpha value is -0.840. The number of hydrogen-bond acceptors (Lipinski definition) is 2. The molecule has 0 bridgehead atoms. The van der Waals surface area contributed by atoms with Gasteiger partial charge in [-0.2, -0.15) is 0 Å². The van der Waals surface area contributed by atoms with Gasteiger partial charge in [0.2, 0.25) is 0 Å². The van der Waals surface area contributed by atoms with Crippen molar-refractivity contribution < 1.29 is 9.13 Å². The zero-order chi connectivity index (χ0) is 14.7. The van der Waals surface area contributed by atoms with Crippen LogP contribution < -0.4 is 0 Å². The molecule has 110 valence electrons. The summed E-state index contributed by atoms with van der Waals surface area (Å²) in [6, 6.07) is 2.95. The molecular formula is C14H17Cl2FN2O. The van der Waals surface area contributed by atoms with Gasteiger partial charge in [0.1, 0.15) is 11.6 Å². The zero-order valence-electron chi connectivity index (χ0n) is 11.5. The van der Waals surface area contributed by atoms with Crippen LogP contribution in [0.1, 0.15) is 31.5 Å². The molecule has 0 radical (unpaired) electrons. The molecule has 3 nitrogen and oxygen atoms in total. The first-order valence-electron chi connectivity index (χ1n) is 6.61. The second kappa shape index (κ2) is 6.74. The zero-order valence-corrected chi connectivity index (χ0v) is 13.0. The van der Waals surface area contributed by atoms with Crippen molar-refractivity contribution >= 4 is 34.2 Å². The molecule has 1 aromatic carbocycles. The van der Waals surface area contributed by atoms with Crippen molar-refractivity contribution in [1.82, 2.24) is 9.55 Å². The van der Waals surface area contributed by atoms with Crippen LogP contribution in [0, 0.1) is 5.82 Å². The van der Waals surface area contributed by atoms with Crippen molar-refractivity contribution in [2.75, 3.05) is 13.2 Å². The molecule has 0 aliphatic heterocycles. The summed E-state index contributed by atoms with van der Waals surface area (Å²) in [5.74, 6) is 0.277. The predicted molar refractivity (Wildman–Crippen MR) is 80.1 cm³/mol. The van der Waals surface area contributed by atoms with E-state index in [-0.39, 0.29) is 10.4 Å². The molecule has 6 heteroatoms. The van der Waals surface area contributed by atoms with Crippen LogP contribution in [0.4, 0.5) is 4.39 Å². The van der Waals surface area contributed by atoms with Crippen molar-refractivity contribution in [3.8, 4) is 0 Å². The van der Waals surface area contributed by atoms with E-state index in [1.807, 2.05) is 18.4 Å². The summed E-state index contributed by atoms with van der Waals surface area (Å²) in [5, 5.41) is -0.179. The Bertz CT molecular complexity index is 598. The lowest BCUT2D eigenvalue weighted by molar-refractivity contribution is 0.141. The largest absolute Gasteiger partial charge is 0.382 e. The highest BCUT2D eigenvalue weighted by Gasteiger charge is 2.16. The summed E-state index contributed by atoms with van der Waals surface area (Å²) in [6.07, 6.45) is 0.820. The standard InChI is InChI=1S/C14H17Cl2FN2O/c1-3-20-6-4-5-19-13-8-11(17)10(16)7-12(13)18-14(19)9(2)15/h7-9H,3-6H2,1-2H3. The molecule has 2 rings (SSSR count). The molecule has 1 heterocycles. The summed E-state index contributed by atoms with van der Waals surface area (Å²) in [6.45, 7) is 5.83. The Morgan fingerprint density at radius 2 is 2.20 bits per heavy atom. The molecule has 0 spiro atoms. The number of halogens is 3. The van der Waals surface area contributed by atoms with Gasteiger partial charge in [-0.05, 0) is 26.3 Å². The van der Waals surface area contributed by atoms with E-state index in [4.69, 9.17) is 27.9 Å². The Morgan fingerprint density at radius 3 is 2.85 bits per heavy atom. The van der Waals surface area contributed by atoms with Crippen molar-refractivity contribution in [3.05, 3.63) is 28.8 Å². The third-order valence-corrected chi connectivity index (χ3v) is 3.53. The normalized spacial score (nSPS) is 13.1. The first-order valence-corrected chi connectivity index (χ1v) is 7.43. The molecule has 2 aromatic rings. The van der Waals surface area contributed by atoms with Gasteiger partial charge < -0.3 is 9.30 Å². The smallest absolute Gasteiger partial charge is 0.144 e. The molecule has 1 unspecified atom stereocenters. The maximum absolute atomic E-state index is 13.7. The molecule has 1 aromatic heterocycles. The van der Waals surface area contributed by atoms with Crippen LogP contribution in [0.5, 0.6) is 0 Å². The fourth-order valence-corrected chi connectivity index (χ4v) is 2.47. The first-order chi connectivity index (χ1) is 9.54. The van der Waals surface area contributed by atoms with E-state index in [0.717, 1.165) is 12.2 Å². The molecule has 1 atom stereocenters. The van der Waals surface area contributed by atoms with E-state index in [2.05, 4.69) is 4.98 Å². The molecule has 20 heavy (non-hydrogen) atoms. The summed E-state index contributed by atoms with van der Waals surface area (Å²) >= 11 is 12.0. The second-order valence-corrected chi connectivity index (χ2v) is 5.61. The van der Waals surface area contributed by atoms with Crippen LogP contribution in [0.2, 0.25) is 5.02 Å². The molecule has 0 aliphatic carbocycles. The number of ether oxygens (including phenoxy) is 1. The third-order valence-electron chi connectivity index (χ3n) is 3.05. The summed E-state index contributed by atoms with van der Waals surface area (Å²) < 4.78 is 20.9. The number of aromatic nitrogens is 2. The molecule has 0 N–H and O–H groups in total. The van der Waals surface area contributed by atoms with Crippen molar-refractivity contribution in [2.24, 2.45) is 0 Å². The van der Waals surface area contributed by atoms with Crippen molar-refractivity contribution in [2.45, 2.75) is 32.2 Å². The number of imidazole rings is 1. The minimum absolute atomic E-state index is 0.0743. The Kier molecular flexibility index (Phi) is 5.24. The van der Waals surface area contributed by atoms with Crippen molar-refractivity contribution in [1.29, 1.82) is 0 Å². The lowest BCUT2D eigenvalue weighted by Crippen LogP contribution is -2.07. The third kappa shape index (κ3) is 3.25. The average Bonchev–Trinajstić information content (AvgIpc) is 2.74. The monoisotopic (exact) mass is 318 g/mol. The maximum atomic E-state index is 13.7. The van der Waals surface area contributed by atoms with Crippen LogP contribution in [0.15, 0.2) is 12.1 Å². The van der Waals surface area contributed by atoms with Gasteiger partial charge >= 0.3 is 0 Å². The molecule has 0 aliphatic rings.